The number of aryl methyl sites for hydroxylation is 1. The minimum absolute atomic E-state index is 0.443. The molecule has 1 aliphatic heterocycles. The van der Waals surface area contributed by atoms with Gasteiger partial charge in [0, 0.05) is 24.4 Å². The molecule has 4 rings (SSSR count). The first-order chi connectivity index (χ1) is 10.2. The Bertz CT molecular complexity index is 803. The summed E-state index contributed by atoms with van der Waals surface area (Å²) in [6, 6.07) is 13.3. The lowest BCUT2D eigenvalue weighted by molar-refractivity contribution is 0.294. The van der Waals surface area contributed by atoms with Gasteiger partial charge in [-0.15, -0.1) is 0 Å². The Hall–Kier alpha value is -2.13. The predicted octanol–water partition coefficient (Wildman–Crippen LogP) is 3.45. The highest BCUT2D eigenvalue weighted by molar-refractivity contribution is 5.78. The number of aromatic amines is 1. The molecule has 2 heterocycles. The van der Waals surface area contributed by atoms with E-state index < -0.39 is 0 Å². The number of hydrogen-bond acceptors (Lipinski definition) is 2. The number of likely N-dealkylation sites (N-methyl/N-ethyl adjacent to an activating group) is 1. The fourth-order valence-corrected chi connectivity index (χ4v) is 3.47. The van der Waals surface area contributed by atoms with Crippen molar-refractivity contribution in [2.24, 2.45) is 0 Å². The van der Waals surface area contributed by atoms with Crippen molar-refractivity contribution in [2.75, 3.05) is 13.6 Å². The van der Waals surface area contributed by atoms with E-state index in [-0.39, 0.29) is 0 Å². The quantitative estimate of drug-likeness (QED) is 0.739. The van der Waals surface area contributed by atoms with E-state index in [0.717, 1.165) is 18.6 Å². The molecular formula is C18H19N3. The lowest BCUT2D eigenvalue weighted by Crippen LogP contribution is -2.31. The highest BCUT2D eigenvalue weighted by Gasteiger charge is 2.25. The molecule has 1 N–H and O–H groups in total. The van der Waals surface area contributed by atoms with E-state index in [9.17, 15) is 0 Å². The highest BCUT2D eigenvalue weighted by atomic mass is 15.1. The van der Waals surface area contributed by atoms with Crippen LogP contribution in [0.1, 0.15) is 28.2 Å². The van der Waals surface area contributed by atoms with Gasteiger partial charge in [-0.05, 0) is 48.4 Å². The average Bonchev–Trinajstić information content (AvgIpc) is 2.95. The number of aromatic nitrogens is 2. The Balaban J connectivity index is 1.86. The lowest BCUT2D eigenvalue weighted by Gasteiger charge is -2.33. The molecular weight excluding hydrogens is 258 g/mol. The Morgan fingerprint density at radius 2 is 2.14 bits per heavy atom. The maximum absolute atomic E-state index is 4.13. The van der Waals surface area contributed by atoms with Crippen molar-refractivity contribution >= 4 is 10.9 Å². The number of H-pyrrole nitrogens is 1. The Morgan fingerprint density at radius 1 is 1.24 bits per heavy atom. The SMILES string of the molecule is Cc1cccc2c1CN(C)CC2c1ccc2[nH]ncc2c1. The van der Waals surface area contributed by atoms with Gasteiger partial charge < -0.3 is 4.90 Å². The zero-order valence-electron chi connectivity index (χ0n) is 12.4. The molecule has 3 aromatic rings. The molecule has 2 aromatic carbocycles. The van der Waals surface area contributed by atoms with Crippen LogP contribution >= 0.6 is 0 Å². The monoisotopic (exact) mass is 277 g/mol. The van der Waals surface area contributed by atoms with Crippen molar-refractivity contribution in [3.05, 3.63) is 64.8 Å². The average molecular weight is 277 g/mol. The third kappa shape index (κ3) is 2.05. The van der Waals surface area contributed by atoms with E-state index in [2.05, 4.69) is 65.5 Å². The Kier molecular flexibility index (Phi) is 2.82. The second kappa shape index (κ2) is 4.71. The van der Waals surface area contributed by atoms with E-state index in [1.165, 1.54) is 27.6 Å². The van der Waals surface area contributed by atoms with Gasteiger partial charge in [0.25, 0.3) is 0 Å². The molecule has 0 radical (unpaired) electrons. The summed E-state index contributed by atoms with van der Waals surface area (Å²) in [7, 11) is 2.21. The largest absolute Gasteiger partial charge is 0.301 e. The van der Waals surface area contributed by atoms with E-state index in [4.69, 9.17) is 0 Å². The van der Waals surface area contributed by atoms with Crippen molar-refractivity contribution in [1.29, 1.82) is 0 Å². The van der Waals surface area contributed by atoms with E-state index >= 15 is 0 Å². The van der Waals surface area contributed by atoms with Crippen molar-refractivity contribution in [3.63, 3.8) is 0 Å². The number of hydrogen-bond donors (Lipinski definition) is 1. The third-order valence-corrected chi connectivity index (χ3v) is 4.61. The normalized spacial score (nSPS) is 18.9. The maximum atomic E-state index is 4.13. The topological polar surface area (TPSA) is 31.9 Å². The summed E-state index contributed by atoms with van der Waals surface area (Å²) in [4.78, 5) is 2.42. The van der Waals surface area contributed by atoms with Crippen LogP contribution in [-0.4, -0.2) is 28.7 Å². The molecule has 1 atom stereocenters. The Morgan fingerprint density at radius 3 is 3.05 bits per heavy atom. The van der Waals surface area contributed by atoms with Crippen LogP contribution in [0, 0.1) is 6.92 Å². The first kappa shape index (κ1) is 12.6. The van der Waals surface area contributed by atoms with E-state index in [1.807, 2.05) is 6.20 Å². The van der Waals surface area contributed by atoms with E-state index in [0.29, 0.717) is 5.92 Å². The Labute approximate surface area is 124 Å². The lowest BCUT2D eigenvalue weighted by atomic mass is 9.83. The van der Waals surface area contributed by atoms with Gasteiger partial charge >= 0.3 is 0 Å². The van der Waals surface area contributed by atoms with Gasteiger partial charge in [0.15, 0.2) is 0 Å². The fourth-order valence-electron chi connectivity index (χ4n) is 3.47. The molecule has 1 aliphatic rings. The molecule has 106 valence electrons. The molecule has 1 unspecified atom stereocenters. The predicted molar refractivity (Wildman–Crippen MR) is 85.4 cm³/mol. The van der Waals surface area contributed by atoms with Crippen LogP contribution in [0.15, 0.2) is 42.6 Å². The molecule has 0 saturated heterocycles. The third-order valence-electron chi connectivity index (χ3n) is 4.61. The standard InChI is InChI=1S/C18H19N3/c1-12-4-3-5-15-16(12)10-21(2)11-17(15)13-6-7-18-14(8-13)9-19-20-18/h3-9,17H,10-11H2,1-2H3,(H,19,20). The summed E-state index contributed by atoms with van der Waals surface area (Å²) in [5.74, 6) is 0.443. The summed E-state index contributed by atoms with van der Waals surface area (Å²) in [5.41, 5.74) is 6.85. The second-order valence-corrected chi connectivity index (χ2v) is 6.11. The van der Waals surface area contributed by atoms with Gasteiger partial charge in [-0.25, -0.2) is 0 Å². The van der Waals surface area contributed by atoms with Crippen molar-refractivity contribution in [2.45, 2.75) is 19.4 Å². The molecule has 1 aromatic heterocycles. The van der Waals surface area contributed by atoms with Crippen molar-refractivity contribution < 1.29 is 0 Å². The van der Waals surface area contributed by atoms with Crippen LogP contribution in [0.2, 0.25) is 0 Å². The first-order valence-electron chi connectivity index (χ1n) is 7.42. The van der Waals surface area contributed by atoms with Crippen LogP contribution in [0.3, 0.4) is 0 Å². The maximum Gasteiger partial charge on any atom is 0.0650 e. The molecule has 3 heteroatoms. The van der Waals surface area contributed by atoms with Gasteiger partial charge in [0.05, 0.1) is 11.7 Å². The number of benzene rings is 2. The molecule has 0 saturated carbocycles. The molecule has 0 spiro atoms. The van der Waals surface area contributed by atoms with Crippen LogP contribution in [0.5, 0.6) is 0 Å². The van der Waals surface area contributed by atoms with Gasteiger partial charge in [0.1, 0.15) is 0 Å². The number of rotatable bonds is 1. The van der Waals surface area contributed by atoms with Gasteiger partial charge in [-0.3, -0.25) is 5.10 Å². The number of nitrogens with one attached hydrogen (secondary N) is 1. The van der Waals surface area contributed by atoms with Crippen LogP contribution in [-0.2, 0) is 6.54 Å². The van der Waals surface area contributed by atoms with Crippen LogP contribution in [0.25, 0.3) is 10.9 Å². The van der Waals surface area contributed by atoms with Crippen LogP contribution < -0.4 is 0 Å². The molecule has 3 nitrogen and oxygen atoms in total. The summed E-state index contributed by atoms with van der Waals surface area (Å²) in [5, 5.41) is 8.34. The molecule has 0 aliphatic carbocycles. The minimum Gasteiger partial charge on any atom is -0.301 e. The van der Waals surface area contributed by atoms with Crippen molar-refractivity contribution in [1.82, 2.24) is 15.1 Å². The summed E-state index contributed by atoms with van der Waals surface area (Å²) >= 11 is 0. The van der Waals surface area contributed by atoms with E-state index in [1.54, 1.807) is 0 Å². The minimum atomic E-state index is 0.443. The smallest absolute Gasteiger partial charge is 0.0650 e. The van der Waals surface area contributed by atoms with Gasteiger partial charge in [0.2, 0.25) is 0 Å². The summed E-state index contributed by atoms with van der Waals surface area (Å²) in [6.07, 6.45) is 1.91. The molecule has 0 amide bonds. The zero-order chi connectivity index (χ0) is 14.4. The zero-order valence-corrected chi connectivity index (χ0v) is 12.4. The molecule has 21 heavy (non-hydrogen) atoms. The number of fused-ring (bicyclic) bond motifs is 2. The van der Waals surface area contributed by atoms with Gasteiger partial charge in [-0.1, -0.05) is 24.3 Å². The fraction of sp³-hybridized carbons (Fsp3) is 0.278. The first-order valence-corrected chi connectivity index (χ1v) is 7.42. The highest BCUT2D eigenvalue weighted by Crippen LogP contribution is 2.35. The summed E-state index contributed by atoms with van der Waals surface area (Å²) < 4.78 is 0. The number of nitrogens with zero attached hydrogens (tertiary/aromatic N) is 2. The molecule has 0 fully saturated rings. The second-order valence-electron chi connectivity index (χ2n) is 6.11. The van der Waals surface area contributed by atoms with Crippen LogP contribution in [0.4, 0.5) is 0 Å². The summed E-state index contributed by atoms with van der Waals surface area (Å²) in [6.45, 7) is 4.33. The van der Waals surface area contributed by atoms with Gasteiger partial charge in [-0.2, -0.15) is 5.10 Å². The molecule has 0 bridgehead atoms. The van der Waals surface area contributed by atoms with Crippen molar-refractivity contribution in [3.8, 4) is 0 Å².